The number of benzene rings is 4. The van der Waals surface area contributed by atoms with E-state index >= 15 is 0 Å². The molecule has 0 saturated carbocycles. The Hall–Kier alpha value is -2.85. The summed E-state index contributed by atoms with van der Waals surface area (Å²) in [5.74, 6) is 3.09. The van der Waals surface area contributed by atoms with E-state index in [2.05, 4.69) is 145 Å². The number of methoxy groups -OCH3 is 2. The number of rotatable bonds is 8. The van der Waals surface area contributed by atoms with Gasteiger partial charge in [-0.15, -0.1) is 0 Å². The molecular weight excluding hydrogens is 861 g/mol. The summed E-state index contributed by atoms with van der Waals surface area (Å²) in [5.41, 5.74) is 7.87. The third-order valence-corrected chi connectivity index (χ3v) is 13.3. The summed E-state index contributed by atoms with van der Waals surface area (Å²) in [7, 11) is 1.11. The average molecular weight is 930 g/mol. The maximum atomic E-state index is 5.41. The van der Waals surface area contributed by atoms with E-state index in [0.29, 0.717) is 0 Å². The van der Waals surface area contributed by atoms with Crippen LogP contribution in [0.1, 0.15) is 63.8 Å². The second-order valence-electron chi connectivity index (χ2n) is 17.9. The Kier molecular flexibility index (Phi) is 20.4. The SMILES string of the molecule is COc1ccccc1[N-]C(=Nc1c(C)cccc1C)C(C)(C)C.COc1ccccc1[N-]C(=Nc1c(C)cccc1C)C(C)(C)C.C[Si](C)(C)[N-][Si](C)(C)C.[Sm+3]. The van der Waals surface area contributed by atoms with Gasteiger partial charge in [-0.3, -0.25) is 0 Å². The molecule has 0 fully saturated rings. The summed E-state index contributed by atoms with van der Waals surface area (Å²) in [5, 5.41) is 9.61. The molecule has 0 spiro atoms. The summed E-state index contributed by atoms with van der Waals surface area (Å²) < 4.78 is 15.6. The normalized spacial score (nSPS) is 12.2. The van der Waals surface area contributed by atoms with Crippen LogP contribution in [0.15, 0.2) is 94.9 Å². The molecule has 303 valence electrons. The van der Waals surface area contributed by atoms with Crippen LogP contribution in [0.4, 0.5) is 22.7 Å². The van der Waals surface area contributed by atoms with Crippen molar-refractivity contribution in [2.24, 2.45) is 20.8 Å². The molecule has 0 amide bonds. The van der Waals surface area contributed by atoms with E-state index in [1.54, 1.807) is 14.2 Å². The molecule has 0 heterocycles. The zero-order chi connectivity index (χ0) is 41.8. The van der Waals surface area contributed by atoms with Crippen LogP contribution in [0.2, 0.25) is 39.3 Å². The van der Waals surface area contributed by atoms with Gasteiger partial charge < -0.3 is 34.7 Å². The summed E-state index contributed by atoms with van der Waals surface area (Å²) >= 11 is 0. The van der Waals surface area contributed by atoms with Crippen LogP contribution in [-0.4, -0.2) is 42.4 Å². The molecular formula is C46H68N5O2Si2Sm. The Morgan fingerprint density at radius 3 is 1.00 bits per heavy atom. The largest absolute Gasteiger partial charge is 3.00 e. The predicted molar refractivity (Wildman–Crippen MR) is 247 cm³/mol. The van der Waals surface area contributed by atoms with Crippen LogP contribution in [0.3, 0.4) is 0 Å². The van der Waals surface area contributed by atoms with Crippen molar-refractivity contribution < 1.29 is 49.9 Å². The van der Waals surface area contributed by atoms with Crippen molar-refractivity contribution in [1.82, 2.24) is 0 Å². The fourth-order valence-corrected chi connectivity index (χ4v) is 13.6. The first-order valence-electron chi connectivity index (χ1n) is 19.1. The van der Waals surface area contributed by atoms with Gasteiger partial charge in [-0.2, -0.15) is 0 Å². The molecule has 0 aromatic heterocycles. The van der Waals surface area contributed by atoms with Gasteiger partial charge >= 0.3 is 40.4 Å². The van der Waals surface area contributed by atoms with Gasteiger partial charge in [0.25, 0.3) is 0 Å². The molecule has 0 aliphatic heterocycles. The number of aliphatic imine (C=N–C) groups is 2. The van der Waals surface area contributed by atoms with Crippen LogP contribution in [-0.2, 0) is 0 Å². The molecule has 1 radical (unpaired) electrons. The number of hydrogen-bond donors (Lipinski definition) is 0. The number of hydrogen-bond acceptors (Lipinski definition) is 4. The van der Waals surface area contributed by atoms with Gasteiger partial charge in [0.1, 0.15) is 11.5 Å². The maximum Gasteiger partial charge on any atom is 3.00 e. The molecule has 4 aromatic carbocycles. The first-order valence-corrected chi connectivity index (χ1v) is 26.0. The van der Waals surface area contributed by atoms with Crippen molar-refractivity contribution in [3.05, 3.63) is 122 Å². The average Bonchev–Trinajstić information content (AvgIpc) is 3.05. The quantitative estimate of drug-likeness (QED) is 0.100. The molecule has 56 heavy (non-hydrogen) atoms. The molecule has 10 heteroatoms. The van der Waals surface area contributed by atoms with E-state index in [0.717, 1.165) is 68.2 Å². The molecule has 0 N–H and O–H groups in total. The van der Waals surface area contributed by atoms with E-state index in [1.807, 2.05) is 48.5 Å². The number of amidine groups is 2. The van der Waals surface area contributed by atoms with Crippen molar-refractivity contribution in [2.45, 2.75) is 109 Å². The molecule has 7 nitrogen and oxygen atoms in total. The Labute approximate surface area is 375 Å². The first kappa shape index (κ1) is 51.2. The Morgan fingerprint density at radius 1 is 0.482 bits per heavy atom. The van der Waals surface area contributed by atoms with Crippen molar-refractivity contribution in [3.63, 3.8) is 0 Å². The van der Waals surface area contributed by atoms with Crippen LogP contribution >= 0.6 is 0 Å². The Bertz CT molecular complexity index is 1720. The van der Waals surface area contributed by atoms with Crippen molar-refractivity contribution in [2.75, 3.05) is 14.2 Å². The van der Waals surface area contributed by atoms with Gasteiger partial charge in [0, 0.05) is 11.4 Å². The van der Waals surface area contributed by atoms with Crippen LogP contribution in [0.5, 0.6) is 11.5 Å². The molecule has 0 aliphatic rings. The number of para-hydroxylation sites is 6. The van der Waals surface area contributed by atoms with Gasteiger partial charge in [-0.25, -0.2) is 0 Å². The Balaban J connectivity index is 0.000000455. The third-order valence-electron chi connectivity index (χ3n) is 7.95. The number of nitrogens with zero attached hydrogens (tertiary/aromatic N) is 5. The number of ether oxygens (including phenoxy) is 2. The van der Waals surface area contributed by atoms with E-state index in [1.165, 1.54) is 0 Å². The van der Waals surface area contributed by atoms with E-state index in [-0.39, 0.29) is 51.2 Å². The Morgan fingerprint density at radius 2 is 0.768 bits per heavy atom. The van der Waals surface area contributed by atoms with Gasteiger partial charge in [-0.1, -0.05) is 182 Å². The van der Waals surface area contributed by atoms with E-state index in [4.69, 9.17) is 34.7 Å². The molecule has 0 bridgehead atoms. The zero-order valence-corrected chi connectivity index (χ0v) is 42.2. The second kappa shape index (κ2) is 22.3. The molecule has 0 unspecified atom stereocenters. The van der Waals surface area contributed by atoms with Crippen molar-refractivity contribution in [1.29, 1.82) is 0 Å². The molecule has 0 aliphatic carbocycles. The summed E-state index contributed by atoms with van der Waals surface area (Å²) in [4.78, 5) is 9.79. The van der Waals surface area contributed by atoms with Gasteiger partial charge in [-0.05, 0) is 84.3 Å². The minimum absolute atomic E-state index is 0. The molecule has 4 aromatic rings. The fraction of sp³-hybridized carbons (Fsp3) is 0.435. The van der Waals surface area contributed by atoms with Gasteiger partial charge in [0.15, 0.2) is 0 Å². The van der Waals surface area contributed by atoms with Gasteiger partial charge in [0.05, 0.1) is 14.2 Å². The minimum Gasteiger partial charge on any atom is -0.668 e. The fourth-order valence-electron chi connectivity index (χ4n) is 5.58. The summed E-state index contributed by atoms with van der Waals surface area (Å²) in [6.45, 7) is 34.8. The minimum atomic E-state index is -1.11. The van der Waals surface area contributed by atoms with Crippen LogP contribution in [0, 0.1) is 78.9 Å². The maximum absolute atomic E-state index is 5.41. The first-order chi connectivity index (χ1) is 25.4. The van der Waals surface area contributed by atoms with Gasteiger partial charge in [0.2, 0.25) is 0 Å². The standard InChI is InChI=1S/2C20H25N2O.C6H18NSi2.Sm/c2*1-14-10-9-11-15(2)18(14)22-19(20(3,4)5)21-16-12-7-8-13-17(16)23-6;1-8(2,3)7-9(4,5)6;/h2*7-13H,1-6H3;1-6H3;/q3*-1;+3. The molecule has 4 rings (SSSR count). The predicted octanol–water partition coefficient (Wildman–Crippen LogP) is 15.2. The van der Waals surface area contributed by atoms with Crippen molar-refractivity contribution >= 4 is 50.9 Å². The molecule has 0 atom stereocenters. The second-order valence-corrected chi connectivity index (χ2v) is 27.5. The smallest absolute Gasteiger partial charge is 0.668 e. The topological polar surface area (TPSA) is 85.5 Å². The molecule has 0 saturated heterocycles. The van der Waals surface area contributed by atoms with E-state index < -0.39 is 16.5 Å². The monoisotopic (exact) mass is 930 g/mol. The zero-order valence-electron chi connectivity index (χ0n) is 37.5. The number of aryl methyl sites for hydroxylation is 4. The van der Waals surface area contributed by atoms with Crippen LogP contribution < -0.4 is 9.47 Å². The summed E-state index contributed by atoms with van der Waals surface area (Å²) in [6.07, 6.45) is 0. The summed E-state index contributed by atoms with van der Waals surface area (Å²) in [6, 6.07) is 28.0. The third kappa shape index (κ3) is 17.7. The van der Waals surface area contributed by atoms with Crippen molar-refractivity contribution in [3.8, 4) is 11.5 Å². The van der Waals surface area contributed by atoms with Crippen LogP contribution in [0.25, 0.3) is 15.3 Å². The van der Waals surface area contributed by atoms with E-state index in [9.17, 15) is 0 Å².